The third-order valence-corrected chi connectivity index (χ3v) is 6.10. The average molecular weight is 459 g/mol. The van der Waals surface area contributed by atoms with Gasteiger partial charge < -0.3 is 15.4 Å². The summed E-state index contributed by atoms with van der Waals surface area (Å²) in [5.41, 5.74) is 2.90. The van der Waals surface area contributed by atoms with Crippen LogP contribution in [0, 0.1) is 5.41 Å². The molecule has 7 nitrogen and oxygen atoms in total. The van der Waals surface area contributed by atoms with E-state index >= 15 is 0 Å². The minimum absolute atomic E-state index is 0.258. The van der Waals surface area contributed by atoms with Crippen LogP contribution in [0.25, 0.3) is 22.0 Å². The van der Waals surface area contributed by atoms with Gasteiger partial charge in [-0.1, -0.05) is 20.8 Å². The Morgan fingerprint density at radius 2 is 1.84 bits per heavy atom. The van der Waals surface area contributed by atoms with Crippen LogP contribution in [0.4, 0.5) is 5.13 Å². The minimum atomic E-state index is 0.258. The molecule has 2 N–H and O–H groups in total. The number of pyridine rings is 1. The maximum atomic E-state index is 5.71. The Labute approximate surface area is 192 Å². The first kappa shape index (κ1) is 23.5. The number of hydrogen-bond donors (Lipinski definition) is 2. The highest BCUT2D eigenvalue weighted by atomic mass is 32.1. The molecule has 9 heteroatoms. The third kappa shape index (κ3) is 7.77. The van der Waals surface area contributed by atoms with Crippen LogP contribution in [0.1, 0.15) is 33.6 Å². The molecule has 4 heterocycles. The number of aromatic nitrogens is 3. The van der Waals surface area contributed by atoms with Crippen molar-refractivity contribution in [1.82, 2.24) is 25.6 Å². The molecular formula is C22H30N6OS2. The summed E-state index contributed by atoms with van der Waals surface area (Å²) in [6, 6.07) is 3.88. The van der Waals surface area contributed by atoms with Gasteiger partial charge in [0.1, 0.15) is 16.4 Å². The summed E-state index contributed by atoms with van der Waals surface area (Å²) in [5, 5.41) is 11.8. The SMILES string of the molecule is C1CNCNC1.C=Nc1nc(-c2csc(-c3ccc(OCCC(C)(C)C)nc3)n2)cs1. The van der Waals surface area contributed by atoms with Gasteiger partial charge in [0.05, 0.1) is 6.61 Å². The molecule has 166 valence electrons. The van der Waals surface area contributed by atoms with E-state index in [2.05, 4.69) is 58.1 Å². The van der Waals surface area contributed by atoms with Crippen molar-refractivity contribution in [2.24, 2.45) is 10.4 Å². The zero-order valence-corrected chi connectivity index (χ0v) is 20.0. The van der Waals surface area contributed by atoms with Gasteiger partial charge in [0.2, 0.25) is 11.0 Å². The number of aliphatic imine (C=N–C) groups is 1. The van der Waals surface area contributed by atoms with Crippen molar-refractivity contribution in [1.29, 1.82) is 0 Å². The molecule has 0 spiro atoms. The van der Waals surface area contributed by atoms with Gasteiger partial charge in [0.25, 0.3) is 0 Å². The molecule has 0 bridgehead atoms. The standard InChI is InChI=1S/C18H20N4OS2.C4H10N2/c1-18(2,3)7-8-23-15-6-5-12(9-20-15)16-21-13(10-24-16)14-11-25-17(19-4)22-14;1-2-5-4-6-3-1/h5-6,9-11H,4,7-8H2,1-3H3;5-6H,1-4H2. The molecule has 1 fully saturated rings. The van der Waals surface area contributed by atoms with Gasteiger partial charge in [0.15, 0.2) is 0 Å². The van der Waals surface area contributed by atoms with Gasteiger partial charge in [-0.3, -0.25) is 0 Å². The molecule has 0 aromatic carbocycles. The van der Waals surface area contributed by atoms with Crippen molar-refractivity contribution in [3.8, 4) is 27.8 Å². The van der Waals surface area contributed by atoms with Crippen LogP contribution in [0.2, 0.25) is 0 Å². The first-order chi connectivity index (χ1) is 14.9. The molecule has 0 unspecified atom stereocenters. The second-order valence-electron chi connectivity index (χ2n) is 8.29. The summed E-state index contributed by atoms with van der Waals surface area (Å²) in [4.78, 5) is 17.2. The zero-order chi connectivity index (χ0) is 22.1. The summed E-state index contributed by atoms with van der Waals surface area (Å²) in [7, 11) is 0. The topological polar surface area (TPSA) is 84.3 Å². The molecule has 0 saturated carbocycles. The fraction of sp³-hybridized carbons (Fsp3) is 0.455. The van der Waals surface area contributed by atoms with Gasteiger partial charge in [0, 0.05) is 35.3 Å². The Hall–Kier alpha value is -2.20. The Bertz CT molecular complexity index is 930. The number of thiazole rings is 2. The number of rotatable bonds is 6. The zero-order valence-electron chi connectivity index (χ0n) is 18.4. The molecular weight excluding hydrogens is 428 g/mol. The average Bonchev–Trinajstić information content (AvgIpc) is 3.45. The van der Waals surface area contributed by atoms with Crippen LogP contribution >= 0.6 is 22.7 Å². The molecule has 1 aliphatic rings. The second kappa shape index (κ2) is 11.4. The van der Waals surface area contributed by atoms with Crippen LogP contribution in [0.3, 0.4) is 0 Å². The van der Waals surface area contributed by atoms with E-state index in [0.29, 0.717) is 17.6 Å². The normalized spacial score (nSPS) is 13.9. The number of hydrogen-bond acceptors (Lipinski definition) is 9. The summed E-state index contributed by atoms with van der Waals surface area (Å²) >= 11 is 3.02. The molecule has 3 aromatic rings. The molecule has 4 rings (SSSR count). The van der Waals surface area contributed by atoms with Crippen molar-refractivity contribution in [2.75, 3.05) is 26.4 Å². The van der Waals surface area contributed by atoms with Crippen molar-refractivity contribution in [3.05, 3.63) is 29.1 Å². The lowest BCUT2D eigenvalue weighted by Gasteiger charge is -2.17. The fourth-order valence-electron chi connectivity index (χ4n) is 2.64. The highest BCUT2D eigenvalue weighted by Crippen LogP contribution is 2.31. The van der Waals surface area contributed by atoms with E-state index in [4.69, 9.17) is 4.74 Å². The van der Waals surface area contributed by atoms with Gasteiger partial charge in [-0.15, -0.1) is 22.7 Å². The van der Waals surface area contributed by atoms with Crippen molar-refractivity contribution in [2.45, 2.75) is 33.6 Å². The lowest BCUT2D eigenvalue weighted by Crippen LogP contribution is -2.37. The molecule has 0 aliphatic carbocycles. The van der Waals surface area contributed by atoms with E-state index in [1.807, 2.05) is 22.9 Å². The number of ether oxygens (including phenoxy) is 1. The molecule has 3 aromatic heterocycles. The molecule has 0 amide bonds. The Balaban J connectivity index is 0.000000391. The largest absolute Gasteiger partial charge is 0.478 e. The van der Waals surface area contributed by atoms with Crippen LogP contribution in [0.15, 0.2) is 34.1 Å². The van der Waals surface area contributed by atoms with Crippen molar-refractivity contribution in [3.63, 3.8) is 0 Å². The summed E-state index contributed by atoms with van der Waals surface area (Å²) in [6.07, 6.45) is 4.06. The Morgan fingerprint density at radius 1 is 1.10 bits per heavy atom. The maximum Gasteiger partial charge on any atom is 0.213 e. The van der Waals surface area contributed by atoms with Crippen molar-refractivity contribution >= 4 is 34.5 Å². The molecule has 0 radical (unpaired) electrons. The summed E-state index contributed by atoms with van der Waals surface area (Å²) in [6.45, 7) is 14.1. The second-order valence-corrected chi connectivity index (χ2v) is 9.98. The maximum absolute atomic E-state index is 5.71. The quantitative estimate of drug-likeness (QED) is 0.506. The van der Waals surface area contributed by atoms with Crippen LogP contribution in [-0.2, 0) is 0 Å². The number of nitrogens with one attached hydrogen (secondary N) is 2. The van der Waals surface area contributed by atoms with Gasteiger partial charge in [-0.25, -0.2) is 19.9 Å². The highest BCUT2D eigenvalue weighted by molar-refractivity contribution is 7.14. The lowest BCUT2D eigenvalue weighted by molar-refractivity contribution is 0.236. The smallest absolute Gasteiger partial charge is 0.213 e. The van der Waals surface area contributed by atoms with Crippen LogP contribution in [-0.4, -0.2) is 48.0 Å². The van der Waals surface area contributed by atoms with E-state index in [-0.39, 0.29) is 5.41 Å². The molecule has 1 saturated heterocycles. The van der Waals surface area contributed by atoms with E-state index in [9.17, 15) is 0 Å². The van der Waals surface area contributed by atoms with E-state index in [1.165, 1.54) is 30.8 Å². The Kier molecular flexibility index (Phi) is 8.65. The monoisotopic (exact) mass is 458 g/mol. The van der Waals surface area contributed by atoms with Crippen molar-refractivity contribution < 1.29 is 4.74 Å². The summed E-state index contributed by atoms with van der Waals surface area (Å²) in [5.74, 6) is 0.644. The number of nitrogens with zero attached hydrogens (tertiary/aromatic N) is 4. The van der Waals surface area contributed by atoms with Gasteiger partial charge >= 0.3 is 0 Å². The fourth-order valence-corrected chi connectivity index (χ4v) is 4.06. The van der Waals surface area contributed by atoms with Crippen LogP contribution in [0.5, 0.6) is 5.88 Å². The predicted molar refractivity (Wildman–Crippen MR) is 131 cm³/mol. The molecule has 1 aliphatic heterocycles. The molecule has 0 atom stereocenters. The molecule has 31 heavy (non-hydrogen) atoms. The lowest BCUT2D eigenvalue weighted by atomic mass is 9.93. The highest BCUT2D eigenvalue weighted by Gasteiger charge is 2.12. The van der Waals surface area contributed by atoms with Crippen LogP contribution < -0.4 is 15.4 Å². The first-order valence-corrected chi connectivity index (χ1v) is 12.1. The third-order valence-electron chi connectivity index (χ3n) is 4.44. The van der Waals surface area contributed by atoms with Gasteiger partial charge in [-0.2, -0.15) is 0 Å². The minimum Gasteiger partial charge on any atom is -0.478 e. The Morgan fingerprint density at radius 3 is 2.39 bits per heavy atom. The van der Waals surface area contributed by atoms with E-state index < -0.39 is 0 Å². The predicted octanol–water partition coefficient (Wildman–Crippen LogP) is 5.00. The summed E-state index contributed by atoms with van der Waals surface area (Å²) < 4.78 is 5.71. The van der Waals surface area contributed by atoms with E-state index in [1.54, 1.807) is 17.5 Å². The first-order valence-electron chi connectivity index (χ1n) is 10.3. The van der Waals surface area contributed by atoms with Gasteiger partial charge in [-0.05, 0) is 44.1 Å². The van der Waals surface area contributed by atoms with E-state index in [0.717, 1.165) is 35.0 Å².